The van der Waals surface area contributed by atoms with Crippen molar-refractivity contribution in [2.45, 2.75) is 25.4 Å². The van der Waals surface area contributed by atoms with Crippen molar-refractivity contribution in [1.29, 1.82) is 0 Å². The number of amides is 2. The number of hydrogen-bond donors (Lipinski definition) is 2. The molecule has 1 aliphatic rings. The van der Waals surface area contributed by atoms with E-state index in [4.69, 9.17) is 4.74 Å². The molecule has 2 heterocycles. The van der Waals surface area contributed by atoms with Crippen LogP contribution in [0, 0.1) is 5.92 Å². The van der Waals surface area contributed by atoms with Crippen LogP contribution >= 0.6 is 0 Å². The van der Waals surface area contributed by atoms with E-state index in [1.807, 2.05) is 4.90 Å². The maximum atomic E-state index is 13.2. The van der Waals surface area contributed by atoms with Crippen molar-refractivity contribution in [2.24, 2.45) is 5.92 Å². The number of hydrogen-bond acceptors (Lipinski definition) is 6. The van der Waals surface area contributed by atoms with Crippen LogP contribution in [0.5, 0.6) is 0 Å². The molecular formula is C21H27F3N6O3. The highest BCUT2D eigenvalue weighted by Crippen LogP contribution is 2.33. The number of carbonyl (C=O) groups excluding carboxylic acids is 2. The lowest BCUT2D eigenvalue weighted by Crippen LogP contribution is -2.43. The number of nitrogens with zero attached hydrogens (tertiary/aromatic N) is 4. The second kappa shape index (κ2) is 11.2. The zero-order valence-electron chi connectivity index (χ0n) is 18.3. The molecule has 1 fully saturated rings. The number of alkyl halides is 3. The van der Waals surface area contributed by atoms with Gasteiger partial charge in [-0.15, -0.1) is 0 Å². The van der Waals surface area contributed by atoms with Crippen molar-refractivity contribution in [3.05, 3.63) is 36.4 Å². The molecule has 0 atom stereocenters. The van der Waals surface area contributed by atoms with Gasteiger partial charge in [0, 0.05) is 26.2 Å². The quantitative estimate of drug-likeness (QED) is 0.547. The maximum Gasteiger partial charge on any atom is 0.416 e. The first-order valence-electron chi connectivity index (χ1n) is 10.6. The summed E-state index contributed by atoms with van der Waals surface area (Å²) in [5.41, 5.74) is -0.609. The van der Waals surface area contributed by atoms with Crippen LogP contribution in [-0.4, -0.2) is 71.4 Å². The summed E-state index contributed by atoms with van der Waals surface area (Å²) in [6, 6.07) is 3.05. The van der Waals surface area contributed by atoms with Gasteiger partial charge in [-0.2, -0.15) is 18.3 Å². The minimum atomic E-state index is -4.55. The average molecular weight is 468 g/mol. The Morgan fingerprint density at radius 1 is 1.24 bits per heavy atom. The van der Waals surface area contributed by atoms with E-state index in [1.54, 1.807) is 7.11 Å². The highest BCUT2D eigenvalue weighted by Gasteiger charge is 2.32. The predicted octanol–water partition coefficient (Wildman–Crippen LogP) is 2.09. The van der Waals surface area contributed by atoms with Gasteiger partial charge in [0.05, 0.1) is 23.5 Å². The highest BCUT2D eigenvalue weighted by molar-refractivity contribution is 5.94. The zero-order valence-corrected chi connectivity index (χ0v) is 18.3. The van der Waals surface area contributed by atoms with Crippen molar-refractivity contribution in [2.75, 3.05) is 45.2 Å². The molecule has 180 valence electrons. The van der Waals surface area contributed by atoms with E-state index in [-0.39, 0.29) is 29.7 Å². The third-order valence-corrected chi connectivity index (χ3v) is 5.41. The number of aromatic nitrogens is 3. The Bertz CT molecular complexity index is 928. The SMILES string of the molecule is COCCCNC(=O)C1CCN(CC(=O)Nc2cc(C(F)(F)F)ccc2-n2cncn2)CC1. The molecule has 9 nitrogen and oxygen atoms in total. The molecule has 0 aliphatic carbocycles. The summed E-state index contributed by atoms with van der Waals surface area (Å²) in [6.45, 7) is 2.23. The minimum absolute atomic E-state index is 0.00311. The average Bonchev–Trinajstić information content (AvgIpc) is 3.31. The lowest BCUT2D eigenvalue weighted by Gasteiger charge is -2.30. The molecule has 0 saturated carbocycles. The Morgan fingerprint density at radius 3 is 2.64 bits per heavy atom. The van der Waals surface area contributed by atoms with Crippen molar-refractivity contribution in [1.82, 2.24) is 25.0 Å². The molecule has 2 amide bonds. The molecule has 3 rings (SSSR count). The maximum absolute atomic E-state index is 13.2. The summed E-state index contributed by atoms with van der Waals surface area (Å²) in [4.78, 5) is 30.5. The molecular weight excluding hydrogens is 441 g/mol. The van der Waals surface area contributed by atoms with Gasteiger partial charge in [0.15, 0.2) is 0 Å². The van der Waals surface area contributed by atoms with Crippen LogP contribution in [0.1, 0.15) is 24.8 Å². The lowest BCUT2D eigenvalue weighted by atomic mass is 9.96. The largest absolute Gasteiger partial charge is 0.416 e. The van der Waals surface area contributed by atoms with E-state index in [0.29, 0.717) is 39.1 Å². The Labute approximate surface area is 189 Å². The van der Waals surface area contributed by atoms with Gasteiger partial charge in [0.2, 0.25) is 11.8 Å². The van der Waals surface area contributed by atoms with Crippen LogP contribution in [0.2, 0.25) is 0 Å². The first kappa shape index (κ1) is 24.6. The molecule has 0 radical (unpaired) electrons. The second-order valence-electron chi connectivity index (χ2n) is 7.81. The van der Waals surface area contributed by atoms with Crippen molar-refractivity contribution >= 4 is 17.5 Å². The van der Waals surface area contributed by atoms with Gasteiger partial charge in [-0.3, -0.25) is 14.5 Å². The summed E-state index contributed by atoms with van der Waals surface area (Å²) in [6.07, 6.45) is -0.00140. The molecule has 0 unspecified atom stereocenters. The molecule has 12 heteroatoms. The predicted molar refractivity (Wildman–Crippen MR) is 114 cm³/mol. The number of piperidine rings is 1. The number of rotatable bonds is 9. The number of ether oxygens (including phenoxy) is 1. The number of methoxy groups -OCH3 is 1. The molecule has 1 saturated heterocycles. The first-order chi connectivity index (χ1) is 15.8. The van der Waals surface area contributed by atoms with Gasteiger partial charge in [0.25, 0.3) is 0 Å². The minimum Gasteiger partial charge on any atom is -0.385 e. The molecule has 33 heavy (non-hydrogen) atoms. The second-order valence-corrected chi connectivity index (χ2v) is 7.81. The topological polar surface area (TPSA) is 101 Å². The summed E-state index contributed by atoms with van der Waals surface area (Å²) in [5, 5.41) is 9.40. The molecule has 1 aliphatic heterocycles. The van der Waals surface area contributed by atoms with Crippen LogP contribution in [-0.2, 0) is 20.5 Å². The summed E-state index contributed by atoms with van der Waals surface area (Å²) in [5.74, 6) is -0.566. The van der Waals surface area contributed by atoms with Crippen LogP contribution < -0.4 is 10.6 Å². The number of halogens is 3. The number of nitrogens with one attached hydrogen (secondary N) is 2. The van der Waals surface area contributed by atoms with Crippen LogP contribution in [0.3, 0.4) is 0 Å². The molecule has 0 spiro atoms. The fourth-order valence-electron chi connectivity index (χ4n) is 3.66. The van der Waals surface area contributed by atoms with Crippen LogP contribution in [0.15, 0.2) is 30.9 Å². The number of anilines is 1. The number of carbonyl (C=O) groups is 2. The van der Waals surface area contributed by atoms with Crippen LogP contribution in [0.25, 0.3) is 5.69 Å². The summed E-state index contributed by atoms with van der Waals surface area (Å²) < 4.78 is 45.8. The van der Waals surface area contributed by atoms with E-state index >= 15 is 0 Å². The van der Waals surface area contributed by atoms with Crippen molar-refractivity contribution in [3.63, 3.8) is 0 Å². The Hall–Kier alpha value is -2.99. The normalized spacial score (nSPS) is 15.4. The van der Waals surface area contributed by atoms with Crippen LogP contribution in [0.4, 0.5) is 18.9 Å². The summed E-state index contributed by atoms with van der Waals surface area (Å²) in [7, 11) is 1.61. The van der Waals surface area contributed by atoms with Gasteiger partial charge in [-0.05, 0) is 50.6 Å². The molecule has 1 aromatic heterocycles. The Morgan fingerprint density at radius 2 is 2.00 bits per heavy atom. The Kier molecular flexibility index (Phi) is 8.39. The fraction of sp³-hybridized carbons (Fsp3) is 0.524. The number of benzene rings is 1. The van der Waals surface area contributed by atoms with Gasteiger partial charge in [-0.1, -0.05) is 0 Å². The van der Waals surface area contributed by atoms with E-state index in [1.165, 1.54) is 23.4 Å². The smallest absolute Gasteiger partial charge is 0.385 e. The molecule has 0 bridgehead atoms. The van der Waals surface area contributed by atoms with Gasteiger partial charge >= 0.3 is 6.18 Å². The monoisotopic (exact) mass is 468 g/mol. The van der Waals surface area contributed by atoms with Crippen molar-refractivity contribution < 1.29 is 27.5 Å². The third kappa shape index (κ3) is 6.99. The summed E-state index contributed by atoms with van der Waals surface area (Å²) >= 11 is 0. The van der Waals surface area contributed by atoms with E-state index in [9.17, 15) is 22.8 Å². The zero-order chi connectivity index (χ0) is 23.8. The fourth-order valence-corrected chi connectivity index (χ4v) is 3.66. The standard InChI is InChI=1S/C21H27F3N6O3/c1-33-10-2-7-26-20(32)15-5-8-29(9-6-15)12-19(31)28-17-11-16(21(22,23)24)3-4-18(17)30-14-25-13-27-30/h3-4,11,13-15H,2,5-10,12H2,1H3,(H,26,32)(H,28,31). The van der Waals surface area contributed by atoms with E-state index in [0.717, 1.165) is 18.6 Å². The number of likely N-dealkylation sites (tertiary alicyclic amines) is 1. The molecule has 2 N–H and O–H groups in total. The Balaban J connectivity index is 1.56. The highest BCUT2D eigenvalue weighted by atomic mass is 19.4. The van der Waals surface area contributed by atoms with Crippen molar-refractivity contribution in [3.8, 4) is 5.69 Å². The van der Waals surface area contributed by atoms with Gasteiger partial charge in [0.1, 0.15) is 12.7 Å². The van der Waals surface area contributed by atoms with Gasteiger partial charge in [-0.25, -0.2) is 9.67 Å². The first-order valence-corrected chi connectivity index (χ1v) is 10.6. The lowest BCUT2D eigenvalue weighted by molar-refractivity contribution is -0.137. The van der Waals surface area contributed by atoms with E-state index < -0.39 is 17.6 Å². The van der Waals surface area contributed by atoms with E-state index in [2.05, 4.69) is 20.7 Å². The van der Waals surface area contributed by atoms with Gasteiger partial charge < -0.3 is 15.4 Å². The molecule has 1 aromatic carbocycles. The molecule has 2 aromatic rings. The third-order valence-electron chi connectivity index (χ3n) is 5.41.